The van der Waals surface area contributed by atoms with Crippen LogP contribution in [0.1, 0.15) is 5.56 Å². The molecular formula is C20H18Cl2N4O2S. The normalized spacial score (nSPS) is 11.9. The van der Waals surface area contributed by atoms with Gasteiger partial charge in [0.25, 0.3) is 0 Å². The van der Waals surface area contributed by atoms with Crippen LogP contribution in [0.4, 0.5) is 5.69 Å². The molecule has 0 saturated heterocycles. The van der Waals surface area contributed by atoms with Gasteiger partial charge in [0.2, 0.25) is 9.84 Å². The van der Waals surface area contributed by atoms with Crippen molar-refractivity contribution < 1.29 is 8.42 Å². The second kappa shape index (κ2) is 9.26. The molecule has 0 spiro atoms. The van der Waals surface area contributed by atoms with Crippen LogP contribution >= 0.6 is 23.2 Å². The Hall–Kier alpha value is -2.61. The minimum absolute atomic E-state index is 0.0582. The molecule has 2 N–H and O–H groups in total. The third-order valence-electron chi connectivity index (χ3n) is 4.01. The smallest absolute Gasteiger partial charge is 0.206 e. The summed E-state index contributed by atoms with van der Waals surface area (Å²) in [6.07, 6.45) is 3.36. The lowest BCUT2D eigenvalue weighted by atomic mass is 10.2. The van der Waals surface area contributed by atoms with Gasteiger partial charge in [-0.05, 0) is 48.0 Å². The zero-order valence-electron chi connectivity index (χ0n) is 15.4. The van der Waals surface area contributed by atoms with Crippen molar-refractivity contribution in [2.24, 2.45) is 4.99 Å². The fourth-order valence-corrected chi connectivity index (χ4v) is 4.53. The number of sulfone groups is 1. The summed E-state index contributed by atoms with van der Waals surface area (Å²) in [7, 11) is -2.04. The number of rotatable bonds is 5. The molecule has 0 unspecified atom stereocenters. The summed E-state index contributed by atoms with van der Waals surface area (Å²) in [5.74, 6) is 0.585. The molecule has 0 aliphatic heterocycles. The van der Waals surface area contributed by atoms with Crippen molar-refractivity contribution >= 4 is 44.7 Å². The number of hydrogen-bond donors (Lipinski definition) is 2. The van der Waals surface area contributed by atoms with Crippen LogP contribution in [-0.2, 0) is 16.4 Å². The van der Waals surface area contributed by atoms with E-state index in [0.29, 0.717) is 12.5 Å². The van der Waals surface area contributed by atoms with E-state index < -0.39 is 9.84 Å². The minimum atomic E-state index is -3.71. The van der Waals surface area contributed by atoms with Crippen LogP contribution in [0.5, 0.6) is 0 Å². The van der Waals surface area contributed by atoms with Crippen molar-refractivity contribution in [1.82, 2.24) is 10.3 Å². The van der Waals surface area contributed by atoms with Crippen LogP contribution in [0.3, 0.4) is 0 Å². The number of halogens is 2. The highest BCUT2D eigenvalue weighted by molar-refractivity contribution is 7.91. The number of aromatic nitrogens is 1. The fourth-order valence-electron chi connectivity index (χ4n) is 2.54. The third kappa shape index (κ3) is 5.47. The van der Waals surface area contributed by atoms with Crippen LogP contribution in [0.2, 0.25) is 10.0 Å². The van der Waals surface area contributed by atoms with E-state index in [0.717, 1.165) is 11.3 Å². The number of nitrogens with one attached hydrogen (secondary N) is 2. The summed E-state index contributed by atoms with van der Waals surface area (Å²) in [6, 6.07) is 14.5. The fraction of sp³-hybridized carbons (Fsp3) is 0.100. The Morgan fingerprint density at radius 3 is 2.17 bits per heavy atom. The van der Waals surface area contributed by atoms with E-state index in [1.807, 2.05) is 12.1 Å². The first kappa shape index (κ1) is 21.1. The molecule has 6 nitrogen and oxygen atoms in total. The van der Waals surface area contributed by atoms with Gasteiger partial charge in [-0.1, -0.05) is 35.3 Å². The summed E-state index contributed by atoms with van der Waals surface area (Å²) >= 11 is 11.9. The van der Waals surface area contributed by atoms with E-state index >= 15 is 0 Å². The topological polar surface area (TPSA) is 83.5 Å². The summed E-state index contributed by atoms with van der Waals surface area (Å²) in [5.41, 5.74) is 1.75. The molecule has 0 amide bonds. The lowest BCUT2D eigenvalue weighted by molar-refractivity contribution is 0.596. The number of benzene rings is 2. The molecule has 150 valence electrons. The van der Waals surface area contributed by atoms with Gasteiger partial charge in [-0.15, -0.1) is 0 Å². The second-order valence-corrected chi connectivity index (χ2v) is 8.86. The van der Waals surface area contributed by atoms with Crippen LogP contribution in [0.15, 0.2) is 81.8 Å². The SMILES string of the molecule is CN=C(NCc1ccc(S(=O)(=O)c2cc(Cl)cc(Cl)c2)cc1)Nc1ccncc1. The molecule has 3 aromatic rings. The number of anilines is 1. The molecule has 9 heteroatoms. The Morgan fingerprint density at radius 1 is 0.966 bits per heavy atom. The summed E-state index contributed by atoms with van der Waals surface area (Å²) in [4.78, 5) is 8.36. The molecule has 0 aliphatic carbocycles. The molecule has 1 heterocycles. The van der Waals surface area contributed by atoms with Gasteiger partial charge in [-0.25, -0.2) is 8.42 Å². The number of hydrogen-bond acceptors (Lipinski definition) is 4. The second-order valence-electron chi connectivity index (χ2n) is 6.04. The largest absolute Gasteiger partial charge is 0.352 e. The lowest BCUT2D eigenvalue weighted by Crippen LogP contribution is -2.30. The van der Waals surface area contributed by atoms with Crippen molar-refractivity contribution in [3.05, 3.63) is 82.6 Å². The van der Waals surface area contributed by atoms with E-state index in [1.54, 1.807) is 43.7 Å². The van der Waals surface area contributed by atoms with Crippen molar-refractivity contribution in [1.29, 1.82) is 0 Å². The first-order valence-corrected chi connectivity index (χ1v) is 10.8. The van der Waals surface area contributed by atoms with E-state index in [2.05, 4.69) is 20.6 Å². The van der Waals surface area contributed by atoms with Gasteiger partial charge in [-0.2, -0.15) is 0 Å². The van der Waals surface area contributed by atoms with Gasteiger partial charge < -0.3 is 10.6 Å². The average Bonchev–Trinajstić information content (AvgIpc) is 2.71. The first-order chi connectivity index (χ1) is 13.9. The molecule has 0 aliphatic rings. The maximum absolute atomic E-state index is 12.8. The zero-order chi connectivity index (χ0) is 20.9. The van der Waals surface area contributed by atoms with E-state index in [-0.39, 0.29) is 19.8 Å². The van der Waals surface area contributed by atoms with Gasteiger partial charge in [0.05, 0.1) is 9.79 Å². The van der Waals surface area contributed by atoms with Crippen molar-refractivity contribution in [2.75, 3.05) is 12.4 Å². The lowest BCUT2D eigenvalue weighted by Gasteiger charge is -2.12. The van der Waals surface area contributed by atoms with Crippen molar-refractivity contribution in [2.45, 2.75) is 16.3 Å². The summed E-state index contributed by atoms with van der Waals surface area (Å²) < 4.78 is 25.6. The zero-order valence-corrected chi connectivity index (χ0v) is 17.8. The van der Waals surface area contributed by atoms with Crippen molar-refractivity contribution in [3.63, 3.8) is 0 Å². The van der Waals surface area contributed by atoms with Crippen LogP contribution in [0, 0.1) is 0 Å². The Morgan fingerprint density at radius 2 is 1.59 bits per heavy atom. The highest BCUT2D eigenvalue weighted by atomic mass is 35.5. The van der Waals surface area contributed by atoms with Gasteiger partial charge in [0.15, 0.2) is 5.96 Å². The quantitative estimate of drug-likeness (QED) is 0.446. The van der Waals surface area contributed by atoms with Crippen LogP contribution < -0.4 is 10.6 Å². The average molecular weight is 449 g/mol. The molecule has 0 fully saturated rings. The minimum Gasteiger partial charge on any atom is -0.352 e. The Bertz CT molecular complexity index is 1100. The molecule has 0 radical (unpaired) electrons. The van der Waals surface area contributed by atoms with E-state index in [4.69, 9.17) is 23.2 Å². The predicted octanol–water partition coefficient (Wildman–Crippen LogP) is 4.41. The highest BCUT2D eigenvalue weighted by Crippen LogP contribution is 2.27. The molecule has 0 saturated carbocycles. The molecule has 0 atom stereocenters. The van der Waals surface area contributed by atoms with Crippen LogP contribution in [-0.4, -0.2) is 26.4 Å². The Kier molecular flexibility index (Phi) is 6.74. The molecular weight excluding hydrogens is 431 g/mol. The predicted molar refractivity (Wildman–Crippen MR) is 116 cm³/mol. The maximum atomic E-state index is 12.8. The Labute approximate surface area is 179 Å². The van der Waals surface area contributed by atoms with Gasteiger partial charge in [0.1, 0.15) is 0 Å². The monoisotopic (exact) mass is 448 g/mol. The number of pyridine rings is 1. The highest BCUT2D eigenvalue weighted by Gasteiger charge is 2.18. The standard InChI is InChI=1S/C20H18Cl2N4O2S/c1-23-20(26-17-6-8-24-9-7-17)25-13-14-2-4-18(5-3-14)29(27,28)19-11-15(21)10-16(22)12-19/h2-12H,13H2,1H3,(H2,23,24,25,26). The van der Waals surface area contributed by atoms with Gasteiger partial charge in [0, 0.05) is 41.7 Å². The third-order valence-corrected chi connectivity index (χ3v) is 6.19. The van der Waals surface area contributed by atoms with Crippen molar-refractivity contribution in [3.8, 4) is 0 Å². The number of nitrogens with zero attached hydrogens (tertiary/aromatic N) is 2. The maximum Gasteiger partial charge on any atom is 0.206 e. The van der Waals surface area contributed by atoms with Crippen LogP contribution in [0.25, 0.3) is 0 Å². The van der Waals surface area contributed by atoms with Gasteiger partial charge >= 0.3 is 0 Å². The molecule has 1 aromatic heterocycles. The number of guanidine groups is 1. The van der Waals surface area contributed by atoms with Gasteiger partial charge in [-0.3, -0.25) is 9.98 Å². The van der Waals surface area contributed by atoms with E-state index in [9.17, 15) is 8.42 Å². The molecule has 0 bridgehead atoms. The van der Waals surface area contributed by atoms with E-state index in [1.165, 1.54) is 18.2 Å². The number of aliphatic imine (C=N–C) groups is 1. The first-order valence-electron chi connectivity index (χ1n) is 8.56. The molecule has 2 aromatic carbocycles. The molecule has 29 heavy (non-hydrogen) atoms. The Balaban J connectivity index is 1.69. The molecule has 3 rings (SSSR count). The summed E-state index contributed by atoms with van der Waals surface area (Å²) in [5, 5.41) is 6.85. The summed E-state index contributed by atoms with van der Waals surface area (Å²) in [6.45, 7) is 0.466.